The molecule has 0 N–H and O–H groups in total. The maximum atomic E-state index is 4.35. The van der Waals surface area contributed by atoms with E-state index in [1.54, 1.807) is 0 Å². The minimum Gasteiger partial charge on any atom is -0.283 e. The van der Waals surface area contributed by atoms with E-state index in [1.165, 1.54) is 37.2 Å². The molecule has 1 fully saturated rings. The minimum atomic E-state index is 0.626. The van der Waals surface area contributed by atoms with E-state index in [2.05, 4.69) is 27.6 Å². The van der Waals surface area contributed by atoms with Gasteiger partial charge in [0, 0.05) is 11.6 Å². The predicted molar refractivity (Wildman–Crippen MR) is 58.9 cm³/mol. The lowest BCUT2D eigenvalue weighted by molar-refractivity contribution is 0.655. The quantitative estimate of drug-likeness (QED) is 0.710. The molecule has 0 unspecified atom stereocenters. The zero-order valence-corrected chi connectivity index (χ0v) is 8.98. The number of aryl methyl sites for hydroxylation is 1. The number of hydrogen-bond acceptors (Lipinski definition) is 2. The average molecular weight is 201 g/mol. The summed E-state index contributed by atoms with van der Waals surface area (Å²) < 4.78 is 2.20. The van der Waals surface area contributed by atoms with Crippen molar-refractivity contribution in [2.45, 2.75) is 38.5 Å². The molecule has 1 aliphatic rings. The van der Waals surface area contributed by atoms with Gasteiger partial charge in [0.1, 0.15) is 5.82 Å². The first-order valence-electron chi connectivity index (χ1n) is 5.67. The Morgan fingerprint density at radius 1 is 1.20 bits per heavy atom. The molecule has 0 aliphatic heterocycles. The summed E-state index contributed by atoms with van der Waals surface area (Å²) in [7, 11) is 0. The summed E-state index contributed by atoms with van der Waals surface area (Å²) in [5.74, 6) is 1.79. The number of aromatic nitrogens is 3. The van der Waals surface area contributed by atoms with E-state index in [1.807, 2.05) is 12.1 Å². The first-order valence-corrected chi connectivity index (χ1v) is 5.67. The van der Waals surface area contributed by atoms with E-state index < -0.39 is 0 Å². The summed E-state index contributed by atoms with van der Waals surface area (Å²) in [6, 6.07) is 6.19. The Morgan fingerprint density at radius 2 is 2.00 bits per heavy atom. The van der Waals surface area contributed by atoms with Gasteiger partial charge in [0.05, 0.1) is 0 Å². The van der Waals surface area contributed by atoms with Crippen LogP contribution in [0.5, 0.6) is 0 Å². The molecule has 0 bridgehead atoms. The first kappa shape index (κ1) is 8.89. The summed E-state index contributed by atoms with van der Waals surface area (Å²) in [5.41, 5.74) is 2.22. The Morgan fingerprint density at radius 3 is 2.80 bits per heavy atom. The highest BCUT2D eigenvalue weighted by molar-refractivity contribution is 5.40. The molecule has 3 nitrogen and oxygen atoms in total. The molecule has 0 amide bonds. The highest BCUT2D eigenvalue weighted by Gasteiger charge is 2.22. The van der Waals surface area contributed by atoms with Crippen molar-refractivity contribution < 1.29 is 0 Å². The van der Waals surface area contributed by atoms with Crippen LogP contribution < -0.4 is 0 Å². The van der Waals surface area contributed by atoms with E-state index in [0.717, 1.165) is 5.65 Å². The largest absolute Gasteiger partial charge is 0.283 e. The Bertz CT molecular complexity index is 481. The van der Waals surface area contributed by atoms with Gasteiger partial charge < -0.3 is 0 Å². The van der Waals surface area contributed by atoms with Crippen LogP contribution in [0.3, 0.4) is 0 Å². The van der Waals surface area contributed by atoms with Crippen molar-refractivity contribution in [3.63, 3.8) is 0 Å². The van der Waals surface area contributed by atoms with E-state index in [9.17, 15) is 0 Å². The van der Waals surface area contributed by atoms with Gasteiger partial charge in [-0.1, -0.05) is 18.9 Å². The van der Waals surface area contributed by atoms with Crippen LogP contribution >= 0.6 is 0 Å². The molecule has 3 rings (SSSR count). The second kappa shape index (κ2) is 3.33. The SMILES string of the molecule is Cc1cccc2nnc(C3CCCC3)n12. The van der Waals surface area contributed by atoms with Gasteiger partial charge in [-0.15, -0.1) is 10.2 Å². The number of pyridine rings is 1. The van der Waals surface area contributed by atoms with Gasteiger partial charge in [0.25, 0.3) is 0 Å². The van der Waals surface area contributed by atoms with Crippen LogP contribution in [-0.4, -0.2) is 14.6 Å². The van der Waals surface area contributed by atoms with Crippen LogP contribution in [-0.2, 0) is 0 Å². The number of rotatable bonds is 1. The van der Waals surface area contributed by atoms with Crippen LogP contribution in [0.4, 0.5) is 0 Å². The smallest absolute Gasteiger partial charge is 0.160 e. The molecule has 78 valence electrons. The van der Waals surface area contributed by atoms with Crippen molar-refractivity contribution in [1.82, 2.24) is 14.6 Å². The van der Waals surface area contributed by atoms with E-state index in [0.29, 0.717) is 5.92 Å². The third-order valence-electron chi connectivity index (χ3n) is 3.37. The standard InChI is InChI=1S/C12H15N3/c1-9-5-4-8-11-13-14-12(15(9)11)10-6-2-3-7-10/h4-5,8,10H,2-3,6-7H2,1H3. The second-order valence-electron chi connectivity index (χ2n) is 4.40. The predicted octanol–water partition coefficient (Wildman–Crippen LogP) is 2.70. The minimum absolute atomic E-state index is 0.626. The highest BCUT2D eigenvalue weighted by Crippen LogP contribution is 2.33. The molecular weight excluding hydrogens is 186 g/mol. The van der Waals surface area contributed by atoms with Crippen LogP contribution in [0, 0.1) is 6.92 Å². The fourth-order valence-electron chi connectivity index (χ4n) is 2.57. The molecule has 3 heteroatoms. The fraction of sp³-hybridized carbons (Fsp3) is 0.500. The van der Waals surface area contributed by atoms with Gasteiger partial charge in [-0.2, -0.15) is 0 Å². The summed E-state index contributed by atoms with van der Waals surface area (Å²) in [6.45, 7) is 2.12. The van der Waals surface area contributed by atoms with Crippen molar-refractivity contribution in [3.8, 4) is 0 Å². The topological polar surface area (TPSA) is 30.2 Å². The molecule has 0 atom stereocenters. The van der Waals surface area contributed by atoms with Crippen LogP contribution in [0.25, 0.3) is 5.65 Å². The molecule has 0 radical (unpaired) electrons. The summed E-state index contributed by atoms with van der Waals surface area (Å²) in [6.07, 6.45) is 5.22. The lowest BCUT2D eigenvalue weighted by Crippen LogP contribution is -2.02. The van der Waals surface area contributed by atoms with Gasteiger partial charge in [0.15, 0.2) is 5.65 Å². The first-order chi connectivity index (χ1) is 7.36. The molecular formula is C12H15N3. The zero-order chi connectivity index (χ0) is 10.3. The number of nitrogens with zero attached hydrogens (tertiary/aromatic N) is 3. The van der Waals surface area contributed by atoms with Gasteiger partial charge in [-0.25, -0.2) is 0 Å². The number of fused-ring (bicyclic) bond motifs is 1. The molecule has 1 aliphatic carbocycles. The Balaban J connectivity index is 2.18. The maximum Gasteiger partial charge on any atom is 0.160 e. The third-order valence-corrected chi connectivity index (χ3v) is 3.37. The molecule has 15 heavy (non-hydrogen) atoms. The van der Waals surface area contributed by atoms with Gasteiger partial charge >= 0.3 is 0 Å². The van der Waals surface area contributed by atoms with Crippen molar-refractivity contribution in [2.75, 3.05) is 0 Å². The molecule has 2 heterocycles. The van der Waals surface area contributed by atoms with Crippen LogP contribution in [0.2, 0.25) is 0 Å². The lowest BCUT2D eigenvalue weighted by atomic mass is 10.1. The fourth-order valence-corrected chi connectivity index (χ4v) is 2.57. The third kappa shape index (κ3) is 1.34. The van der Waals surface area contributed by atoms with Crippen LogP contribution in [0.15, 0.2) is 18.2 Å². The summed E-state index contributed by atoms with van der Waals surface area (Å²) in [4.78, 5) is 0. The van der Waals surface area contributed by atoms with Crippen molar-refractivity contribution in [2.24, 2.45) is 0 Å². The number of hydrogen-bond donors (Lipinski definition) is 0. The maximum absolute atomic E-state index is 4.35. The molecule has 0 saturated heterocycles. The van der Waals surface area contributed by atoms with Crippen molar-refractivity contribution in [3.05, 3.63) is 29.7 Å². The lowest BCUT2D eigenvalue weighted by Gasteiger charge is -2.08. The van der Waals surface area contributed by atoms with E-state index >= 15 is 0 Å². The molecule has 0 aromatic carbocycles. The Labute approximate surface area is 89.1 Å². The highest BCUT2D eigenvalue weighted by atomic mass is 15.3. The monoisotopic (exact) mass is 201 g/mol. The normalized spacial score (nSPS) is 17.7. The van der Waals surface area contributed by atoms with Gasteiger partial charge in [-0.3, -0.25) is 4.40 Å². The molecule has 2 aromatic rings. The summed E-state index contributed by atoms with van der Waals surface area (Å²) in [5, 5.41) is 8.59. The average Bonchev–Trinajstić information content (AvgIpc) is 2.85. The van der Waals surface area contributed by atoms with Crippen molar-refractivity contribution in [1.29, 1.82) is 0 Å². The van der Waals surface area contributed by atoms with Crippen LogP contribution in [0.1, 0.15) is 43.1 Å². The van der Waals surface area contributed by atoms with Gasteiger partial charge in [0.2, 0.25) is 0 Å². The van der Waals surface area contributed by atoms with E-state index in [-0.39, 0.29) is 0 Å². The molecule has 0 spiro atoms. The zero-order valence-electron chi connectivity index (χ0n) is 8.98. The van der Waals surface area contributed by atoms with Crippen molar-refractivity contribution >= 4 is 5.65 Å². The molecule has 1 saturated carbocycles. The summed E-state index contributed by atoms with van der Waals surface area (Å²) >= 11 is 0. The molecule has 2 aromatic heterocycles. The Hall–Kier alpha value is -1.38. The van der Waals surface area contributed by atoms with E-state index in [4.69, 9.17) is 0 Å². The second-order valence-corrected chi connectivity index (χ2v) is 4.40. The van der Waals surface area contributed by atoms with Gasteiger partial charge in [-0.05, 0) is 31.9 Å². The Kier molecular flexibility index (Phi) is 1.97.